The Hall–Kier alpha value is -2.38. The fourth-order valence-corrected chi connectivity index (χ4v) is 4.55. The number of anilines is 1. The number of aliphatic hydroxyl groups is 1. The fraction of sp³-hybridized carbons (Fsp3) is 0.583. The molecule has 0 unspecified atom stereocenters. The average molecular weight is 426 g/mol. The highest BCUT2D eigenvalue weighted by molar-refractivity contribution is 5.79. The largest absolute Gasteiger partial charge is 0.393 e. The highest BCUT2D eigenvalue weighted by Crippen LogP contribution is 2.21. The van der Waals surface area contributed by atoms with Gasteiger partial charge in [-0.3, -0.25) is 4.79 Å². The molecule has 2 aliphatic rings. The maximum absolute atomic E-state index is 12.5. The SMILES string of the molecule is O=C(Cc1ccc(N2CCC(NCCCn3ccnc3)CC2)cc1)N1CCC(O)CC1. The lowest BCUT2D eigenvalue weighted by atomic mass is 10.0. The van der Waals surface area contributed by atoms with Crippen molar-refractivity contribution in [1.82, 2.24) is 19.8 Å². The second-order valence-corrected chi connectivity index (χ2v) is 8.82. The predicted octanol–water partition coefficient (Wildman–Crippen LogP) is 2.06. The Labute approximate surface area is 185 Å². The molecule has 3 heterocycles. The molecule has 1 aromatic carbocycles. The van der Waals surface area contributed by atoms with Crippen LogP contribution in [0.4, 0.5) is 5.69 Å². The topological polar surface area (TPSA) is 73.6 Å². The summed E-state index contributed by atoms with van der Waals surface area (Å²) in [6.45, 7) is 5.53. The lowest BCUT2D eigenvalue weighted by molar-refractivity contribution is -0.132. The van der Waals surface area contributed by atoms with E-state index in [4.69, 9.17) is 0 Å². The second kappa shape index (κ2) is 10.8. The highest BCUT2D eigenvalue weighted by Gasteiger charge is 2.22. The summed E-state index contributed by atoms with van der Waals surface area (Å²) in [7, 11) is 0. The van der Waals surface area contributed by atoms with Gasteiger partial charge in [-0.15, -0.1) is 0 Å². The first-order valence-electron chi connectivity index (χ1n) is 11.7. The quantitative estimate of drug-likeness (QED) is 0.634. The van der Waals surface area contributed by atoms with Crippen LogP contribution < -0.4 is 10.2 Å². The van der Waals surface area contributed by atoms with Crippen LogP contribution in [0.25, 0.3) is 0 Å². The molecule has 2 saturated heterocycles. The average Bonchev–Trinajstić information content (AvgIpc) is 3.32. The molecular weight excluding hydrogens is 390 g/mol. The van der Waals surface area contributed by atoms with Crippen LogP contribution in [0.1, 0.15) is 37.7 Å². The standard InChI is InChI=1S/C24H35N5O2/c30-23-8-15-29(16-9-23)24(31)18-20-2-4-22(5-3-20)28-13-6-21(7-14-28)26-10-1-12-27-17-11-25-19-27/h2-5,11,17,19,21,23,26,30H,1,6-10,12-16,18H2. The molecule has 2 aliphatic heterocycles. The summed E-state index contributed by atoms with van der Waals surface area (Å²) in [5, 5.41) is 13.3. The Morgan fingerprint density at radius 3 is 2.48 bits per heavy atom. The summed E-state index contributed by atoms with van der Waals surface area (Å²) >= 11 is 0. The molecule has 0 bridgehead atoms. The minimum absolute atomic E-state index is 0.166. The first-order valence-corrected chi connectivity index (χ1v) is 11.7. The molecule has 7 heteroatoms. The molecule has 1 amide bonds. The number of hydrogen-bond acceptors (Lipinski definition) is 5. The molecule has 0 aliphatic carbocycles. The zero-order valence-electron chi connectivity index (χ0n) is 18.3. The number of nitrogens with one attached hydrogen (secondary N) is 1. The summed E-state index contributed by atoms with van der Waals surface area (Å²) < 4.78 is 2.12. The summed E-state index contributed by atoms with van der Waals surface area (Å²) in [5.74, 6) is 0.166. The van der Waals surface area contributed by atoms with Crippen LogP contribution >= 0.6 is 0 Å². The van der Waals surface area contributed by atoms with E-state index in [-0.39, 0.29) is 12.0 Å². The van der Waals surface area contributed by atoms with Crippen molar-refractivity contribution in [2.75, 3.05) is 37.6 Å². The van der Waals surface area contributed by atoms with E-state index in [0.717, 1.165) is 51.0 Å². The normalized spacial score (nSPS) is 18.5. The van der Waals surface area contributed by atoms with Gasteiger partial charge in [0, 0.05) is 56.8 Å². The van der Waals surface area contributed by atoms with Crippen LogP contribution in [0.15, 0.2) is 43.0 Å². The third kappa shape index (κ3) is 6.31. The number of aliphatic hydroxyl groups excluding tert-OH is 1. The Morgan fingerprint density at radius 2 is 1.81 bits per heavy atom. The van der Waals surface area contributed by atoms with E-state index in [0.29, 0.717) is 38.4 Å². The molecule has 168 valence electrons. The molecule has 2 fully saturated rings. The van der Waals surface area contributed by atoms with Gasteiger partial charge in [-0.05, 0) is 56.3 Å². The highest BCUT2D eigenvalue weighted by atomic mass is 16.3. The van der Waals surface area contributed by atoms with E-state index in [1.807, 2.05) is 23.6 Å². The number of piperidine rings is 2. The number of benzene rings is 1. The number of carbonyl (C=O) groups is 1. The number of rotatable bonds is 8. The van der Waals surface area contributed by atoms with Gasteiger partial charge in [-0.1, -0.05) is 12.1 Å². The van der Waals surface area contributed by atoms with Crippen LogP contribution in [0.2, 0.25) is 0 Å². The molecule has 2 N–H and O–H groups in total. The zero-order valence-corrected chi connectivity index (χ0v) is 18.3. The third-order valence-corrected chi connectivity index (χ3v) is 6.55. The van der Waals surface area contributed by atoms with E-state index in [1.54, 1.807) is 0 Å². The van der Waals surface area contributed by atoms with Gasteiger partial charge < -0.3 is 24.8 Å². The van der Waals surface area contributed by atoms with Crippen molar-refractivity contribution >= 4 is 11.6 Å². The lowest BCUT2D eigenvalue weighted by Crippen LogP contribution is -2.43. The van der Waals surface area contributed by atoms with Crippen molar-refractivity contribution in [2.24, 2.45) is 0 Å². The fourth-order valence-electron chi connectivity index (χ4n) is 4.55. The van der Waals surface area contributed by atoms with E-state index in [1.165, 1.54) is 5.69 Å². The zero-order chi connectivity index (χ0) is 21.5. The minimum atomic E-state index is -0.245. The van der Waals surface area contributed by atoms with Gasteiger partial charge in [0.05, 0.1) is 18.9 Å². The summed E-state index contributed by atoms with van der Waals surface area (Å²) in [4.78, 5) is 20.9. The van der Waals surface area contributed by atoms with Gasteiger partial charge >= 0.3 is 0 Å². The van der Waals surface area contributed by atoms with Gasteiger partial charge in [-0.25, -0.2) is 4.98 Å². The monoisotopic (exact) mass is 425 g/mol. The summed E-state index contributed by atoms with van der Waals surface area (Å²) in [5.41, 5.74) is 2.31. The van der Waals surface area contributed by atoms with Crippen molar-refractivity contribution in [3.8, 4) is 0 Å². The second-order valence-electron chi connectivity index (χ2n) is 8.82. The first-order chi connectivity index (χ1) is 15.2. The molecule has 1 aromatic heterocycles. The molecule has 4 rings (SSSR count). The Balaban J connectivity index is 1.16. The van der Waals surface area contributed by atoms with E-state index >= 15 is 0 Å². The maximum atomic E-state index is 12.5. The smallest absolute Gasteiger partial charge is 0.226 e. The lowest BCUT2D eigenvalue weighted by Gasteiger charge is -2.34. The van der Waals surface area contributed by atoms with Crippen molar-refractivity contribution in [3.05, 3.63) is 48.5 Å². The Bertz CT molecular complexity index is 792. The van der Waals surface area contributed by atoms with E-state index in [2.05, 4.69) is 44.0 Å². The van der Waals surface area contributed by atoms with Gasteiger partial charge in [0.25, 0.3) is 0 Å². The van der Waals surface area contributed by atoms with Gasteiger partial charge in [0.1, 0.15) is 0 Å². The van der Waals surface area contributed by atoms with Crippen LogP contribution in [-0.2, 0) is 17.8 Å². The Kier molecular flexibility index (Phi) is 7.59. The van der Waals surface area contributed by atoms with Gasteiger partial charge in [-0.2, -0.15) is 0 Å². The van der Waals surface area contributed by atoms with Gasteiger partial charge in [0.2, 0.25) is 5.91 Å². The molecule has 0 saturated carbocycles. The maximum Gasteiger partial charge on any atom is 0.226 e. The summed E-state index contributed by atoms with van der Waals surface area (Å²) in [6.07, 6.45) is 10.7. The number of likely N-dealkylation sites (tertiary alicyclic amines) is 1. The van der Waals surface area contributed by atoms with Gasteiger partial charge in [0.15, 0.2) is 0 Å². The number of nitrogens with zero attached hydrogens (tertiary/aromatic N) is 4. The first kappa shape index (κ1) is 21.8. The van der Waals surface area contributed by atoms with Crippen molar-refractivity contribution in [2.45, 2.75) is 57.2 Å². The number of aromatic nitrogens is 2. The number of carbonyl (C=O) groups excluding carboxylic acids is 1. The van der Waals surface area contributed by atoms with Crippen molar-refractivity contribution < 1.29 is 9.90 Å². The number of imidazole rings is 1. The van der Waals surface area contributed by atoms with Crippen LogP contribution in [-0.4, -0.2) is 70.3 Å². The van der Waals surface area contributed by atoms with Crippen molar-refractivity contribution in [1.29, 1.82) is 0 Å². The number of hydrogen-bond donors (Lipinski definition) is 2. The minimum Gasteiger partial charge on any atom is -0.393 e. The van der Waals surface area contributed by atoms with Crippen LogP contribution in [0.5, 0.6) is 0 Å². The van der Waals surface area contributed by atoms with E-state index in [9.17, 15) is 9.90 Å². The number of aryl methyl sites for hydroxylation is 1. The van der Waals surface area contributed by atoms with E-state index < -0.39 is 0 Å². The van der Waals surface area contributed by atoms with Crippen molar-refractivity contribution in [3.63, 3.8) is 0 Å². The summed E-state index contributed by atoms with van der Waals surface area (Å²) in [6, 6.07) is 9.08. The van der Waals surface area contributed by atoms with Crippen LogP contribution in [0.3, 0.4) is 0 Å². The molecule has 0 atom stereocenters. The molecule has 7 nitrogen and oxygen atoms in total. The molecular formula is C24H35N5O2. The molecule has 31 heavy (non-hydrogen) atoms. The van der Waals surface area contributed by atoms with Crippen LogP contribution in [0, 0.1) is 0 Å². The number of amides is 1. The Morgan fingerprint density at radius 1 is 1.06 bits per heavy atom. The molecule has 2 aromatic rings. The molecule has 0 radical (unpaired) electrons. The third-order valence-electron chi connectivity index (χ3n) is 6.55. The predicted molar refractivity (Wildman–Crippen MR) is 122 cm³/mol. The molecule has 0 spiro atoms.